The summed E-state index contributed by atoms with van der Waals surface area (Å²) >= 11 is 6.53. The zero-order valence-corrected chi connectivity index (χ0v) is 16.1. The molecule has 0 spiro atoms. The smallest absolute Gasteiger partial charge is 0.291 e. The van der Waals surface area contributed by atoms with Gasteiger partial charge in [-0.15, -0.1) is 0 Å². The standard InChI is InChI=1S/C20H18N2O3S2/c23-16-10-5-4-9-15(16)21-18(24)11-6-12-22-19(26)17(27-20(22)25)13-14-7-2-1-3-8-14/h1-5,7-10,13,23H,6,11-12H2,(H,21,24). The average molecular weight is 399 g/mol. The third kappa shape index (κ3) is 4.96. The summed E-state index contributed by atoms with van der Waals surface area (Å²) in [5.74, 6) is -0.199. The van der Waals surface area contributed by atoms with Crippen LogP contribution >= 0.6 is 24.0 Å². The van der Waals surface area contributed by atoms with Gasteiger partial charge >= 0.3 is 0 Å². The number of nitrogens with zero attached hydrogens (tertiary/aromatic N) is 1. The summed E-state index contributed by atoms with van der Waals surface area (Å²) in [6.07, 6.45) is 2.60. The Labute approximate surface area is 167 Å². The lowest BCUT2D eigenvalue weighted by Crippen LogP contribution is -2.28. The third-order valence-corrected chi connectivity index (χ3v) is 5.43. The molecule has 5 nitrogen and oxygen atoms in total. The number of nitrogens with one attached hydrogen (secondary N) is 1. The number of hydrogen-bond acceptors (Lipinski definition) is 5. The van der Waals surface area contributed by atoms with Crippen LogP contribution in [-0.2, 0) is 4.79 Å². The number of carbonyl (C=O) groups excluding carboxylic acids is 2. The predicted octanol–water partition coefficient (Wildman–Crippen LogP) is 4.65. The molecule has 1 fully saturated rings. The second-order valence-electron chi connectivity index (χ2n) is 5.91. The first-order chi connectivity index (χ1) is 13.0. The van der Waals surface area contributed by atoms with Gasteiger partial charge in [-0.05, 0) is 42.0 Å². The zero-order chi connectivity index (χ0) is 19.2. The van der Waals surface area contributed by atoms with E-state index in [4.69, 9.17) is 12.2 Å². The van der Waals surface area contributed by atoms with E-state index in [0.29, 0.717) is 23.6 Å². The largest absolute Gasteiger partial charge is 0.506 e. The van der Waals surface area contributed by atoms with E-state index in [1.54, 1.807) is 18.2 Å². The summed E-state index contributed by atoms with van der Waals surface area (Å²) < 4.78 is 0. The first-order valence-electron chi connectivity index (χ1n) is 8.43. The minimum absolute atomic E-state index is 0.0221. The van der Waals surface area contributed by atoms with Crippen molar-refractivity contribution in [2.45, 2.75) is 12.8 Å². The molecule has 0 aromatic heterocycles. The van der Waals surface area contributed by atoms with Crippen LogP contribution in [0.5, 0.6) is 5.75 Å². The molecule has 0 aliphatic carbocycles. The van der Waals surface area contributed by atoms with Crippen molar-refractivity contribution in [2.75, 3.05) is 11.9 Å². The SMILES string of the molecule is O=C(CCCN1C(=O)SC(=Cc2ccccc2)C1=S)Nc1ccccc1O. The number of rotatable bonds is 6. The van der Waals surface area contributed by atoms with E-state index in [1.807, 2.05) is 36.4 Å². The van der Waals surface area contributed by atoms with Crippen LogP contribution in [0, 0.1) is 0 Å². The highest BCUT2D eigenvalue weighted by Crippen LogP contribution is 2.33. The van der Waals surface area contributed by atoms with Crippen molar-refractivity contribution in [1.29, 1.82) is 0 Å². The molecule has 1 saturated heterocycles. The molecule has 2 aromatic rings. The van der Waals surface area contributed by atoms with E-state index in [1.165, 1.54) is 11.0 Å². The lowest BCUT2D eigenvalue weighted by Gasteiger charge is -2.14. The summed E-state index contributed by atoms with van der Waals surface area (Å²) in [7, 11) is 0. The van der Waals surface area contributed by atoms with Crippen molar-refractivity contribution in [2.24, 2.45) is 0 Å². The summed E-state index contributed by atoms with van der Waals surface area (Å²) in [6.45, 7) is 0.380. The van der Waals surface area contributed by atoms with Gasteiger partial charge in [0.1, 0.15) is 10.7 Å². The molecule has 0 saturated carbocycles. The lowest BCUT2D eigenvalue weighted by molar-refractivity contribution is -0.116. The number of amides is 2. The van der Waals surface area contributed by atoms with Gasteiger partial charge in [-0.3, -0.25) is 14.5 Å². The average Bonchev–Trinajstić information content (AvgIpc) is 2.92. The van der Waals surface area contributed by atoms with Gasteiger partial charge < -0.3 is 10.4 Å². The Hall–Kier alpha value is -2.64. The van der Waals surface area contributed by atoms with Crippen LogP contribution in [0.15, 0.2) is 59.5 Å². The summed E-state index contributed by atoms with van der Waals surface area (Å²) in [5, 5.41) is 12.2. The highest BCUT2D eigenvalue weighted by Gasteiger charge is 2.31. The topological polar surface area (TPSA) is 69.6 Å². The molecule has 1 heterocycles. The van der Waals surface area contributed by atoms with Gasteiger partial charge in [0.15, 0.2) is 0 Å². The van der Waals surface area contributed by atoms with Gasteiger partial charge in [-0.25, -0.2) is 0 Å². The fourth-order valence-electron chi connectivity index (χ4n) is 2.58. The number of phenolic OH excluding ortho intramolecular Hbond substituents is 1. The summed E-state index contributed by atoms with van der Waals surface area (Å²) in [6, 6.07) is 16.2. The van der Waals surface area contributed by atoms with E-state index in [0.717, 1.165) is 22.2 Å². The molecule has 2 aromatic carbocycles. The van der Waals surface area contributed by atoms with Crippen LogP contribution in [0.2, 0.25) is 0 Å². The second-order valence-corrected chi connectivity index (χ2v) is 7.29. The molecule has 1 aliphatic rings. The van der Waals surface area contributed by atoms with Gasteiger partial charge in [0.2, 0.25) is 5.91 Å². The molecule has 0 unspecified atom stereocenters. The Bertz CT molecular complexity index is 897. The minimum atomic E-state index is -0.221. The Balaban J connectivity index is 1.53. The first-order valence-corrected chi connectivity index (χ1v) is 9.65. The van der Waals surface area contributed by atoms with Crippen molar-refractivity contribution in [1.82, 2.24) is 4.90 Å². The van der Waals surface area contributed by atoms with E-state index in [2.05, 4.69) is 5.32 Å². The van der Waals surface area contributed by atoms with Crippen LogP contribution in [0.4, 0.5) is 10.5 Å². The molecular formula is C20H18N2O3S2. The molecule has 27 heavy (non-hydrogen) atoms. The molecule has 2 amide bonds. The normalized spacial score (nSPS) is 15.4. The Morgan fingerprint density at radius 2 is 1.85 bits per heavy atom. The molecule has 0 radical (unpaired) electrons. The van der Waals surface area contributed by atoms with Crippen LogP contribution < -0.4 is 5.32 Å². The molecule has 7 heteroatoms. The van der Waals surface area contributed by atoms with E-state index >= 15 is 0 Å². The number of benzene rings is 2. The zero-order valence-electron chi connectivity index (χ0n) is 14.4. The van der Waals surface area contributed by atoms with E-state index < -0.39 is 0 Å². The number of hydrogen-bond donors (Lipinski definition) is 2. The molecular weight excluding hydrogens is 380 g/mol. The van der Waals surface area contributed by atoms with Crippen molar-refractivity contribution in [3.63, 3.8) is 0 Å². The number of phenols is 1. The molecule has 1 aliphatic heterocycles. The van der Waals surface area contributed by atoms with Crippen molar-refractivity contribution in [3.8, 4) is 5.75 Å². The number of anilines is 1. The summed E-state index contributed by atoms with van der Waals surface area (Å²) in [5.41, 5.74) is 1.36. The molecule has 3 rings (SSSR count). The Morgan fingerprint density at radius 3 is 2.59 bits per heavy atom. The van der Waals surface area contributed by atoms with Crippen molar-refractivity contribution in [3.05, 3.63) is 65.1 Å². The fourth-order valence-corrected chi connectivity index (χ4v) is 3.87. The van der Waals surface area contributed by atoms with Gasteiger partial charge in [0.05, 0.1) is 10.6 Å². The first kappa shape index (κ1) is 19.1. The minimum Gasteiger partial charge on any atom is -0.506 e. The van der Waals surface area contributed by atoms with Gasteiger partial charge in [-0.1, -0.05) is 54.7 Å². The van der Waals surface area contributed by atoms with E-state index in [-0.39, 0.29) is 23.3 Å². The fraction of sp³-hybridized carbons (Fsp3) is 0.150. The highest BCUT2D eigenvalue weighted by molar-refractivity contribution is 8.19. The molecule has 0 bridgehead atoms. The predicted molar refractivity (Wildman–Crippen MR) is 113 cm³/mol. The van der Waals surface area contributed by atoms with Crippen molar-refractivity contribution < 1.29 is 14.7 Å². The number of thioether (sulfide) groups is 1. The second kappa shape index (κ2) is 8.83. The van der Waals surface area contributed by atoms with Crippen LogP contribution in [0.25, 0.3) is 6.08 Å². The van der Waals surface area contributed by atoms with Gasteiger partial charge in [0, 0.05) is 13.0 Å². The maximum Gasteiger partial charge on any atom is 0.291 e. The number of thiocarbonyl (C=S) groups is 1. The third-order valence-electron chi connectivity index (χ3n) is 3.93. The summed E-state index contributed by atoms with van der Waals surface area (Å²) in [4.78, 5) is 27.0. The molecule has 0 atom stereocenters. The Kier molecular flexibility index (Phi) is 6.26. The van der Waals surface area contributed by atoms with E-state index in [9.17, 15) is 14.7 Å². The molecule has 138 valence electrons. The van der Waals surface area contributed by atoms with Crippen LogP contribution in [-0.4, -0.2) is 32.7 Å². The number of carbonyl (C=O) groups is 2. The Morgan fingerprint density at radius 1 is 1.15 bits per heavy atom. The highest BCUT2D eigenvalue weighted by atomic mass is 32.2. The maximum absolute atomic E-state index is 12.2. The quantitative estimate of drug-likeness (QED) is 0.421. The number of para-hydroxylation sites is 2. The molecule has 2 N–H and O–H groups in total. The van der Waals surface area contributed by atoms with Crippen LogP contribution in [0.1, 0.15) is 18.4 Å². The number of aromatic hydroxyl groups is 1. The van der Waals surface area contributed by atoms with Crippen molar-refractivity contribution >= 4 is 51.9 Å². The van der Waals surface area contributed by atoms with Gasteiger partial charge in [-0.2, -0.15) is 0 Å². The monoisotopic (exact) mass is 398 g/mol. The maximum atomic E-state index is 12.2. The lowest BCUT2D eigenvalue weighted by atomic mass is 10.2. The van der Waals surface area contributed by atoms with Crippen LogP contribution in [0.3, 0.4) is 0 Å². The van der Waals surface area contributed by atoms with Gasteiger partial charge in [0.25, 0.3) is 5.24 Å².